The number of nitrogens with zero attached hydrogens (tertiary/aromatic N) is 1. The number of hydrogen-bond donors (Lipinski definition) is 0. The van der Waals surface area contributed by atoms with Crippen LogP contribution >= 0.6 is 11.6 Å². The van der Waals surface area contributed by atoms with Crippen LogP contribution in [0.1, 0.15) is 21.5 Å². The second-order valence-corrected chi connectivity index (χ2v) is 4.46. The van der Waals surface area contributed by atoms with Crippen molar-refractivity contribution in [3.05, 3.63) is 70.3 Å². The number of benzene rings is 1. The van der Waals surface area contributed by atoms with E-state index in [4.69, 9.17) is 11.6 Å². The van der Waals surface area contributed by atoms with E-state index in [-0.39, 0.29) is 11.6 Å². The second-order valence-electron chi connectivity index (χ2n) is 4.08. The Labute approximate surface area is 115 Å². The van der Waals surface area contributed by atoms with Crippen molar-refractivity contribution in [2.45, 2.75) is 6.92 Å². The van der Waals surface area contributed by atoms with Gasteiger partial charge in [-0.1, -0.05) is 17.7 Å². The first-order chi connectivity index (χ1) is 9.06. The Balaban J connectivity index is 2.16. The molecule has 0 spiro atoms. The predicted molar refractivity (Wildman–Crippen MR) is 73.7 cm³/mol. The number of halogens is 2. The molecule has 96 valence electrons. The molecule has 0 bridgehead atoms. The third-order valence-corrected chi connectivity index (χ3v) is 2.84. The first-order valence-corrected chi connectivity index (χ1v) is 6.04. The van der Waals surface area contributed by atoms with Gasteiger partial charge in [0.15, 0.2) is 5.78 Å². The van der Waals surface area contributed by atoms with Crippen LogP contribution in [0.5, 0.6) is 0 Å². The third-order valence-electron chi connectivity index (χ3n) is 2.62. The molecular weight excluding hydrogens is 265 g/mol. The lowest BCUT2D eigenvalue weighted by Gasteiger charge is -1.99. The fourth-order valence-electron chi connectivity index (χ4n) is 1.55. The van der Waals surface area contributed by atoms with Crippen molar-refractivity contribution in [2.75, 3.05) is 0 Å². The Hall–Kier alpha value is -2.00. The van der Waals surface area contributed by atoms with Gasteiger partial charge in [-0.15, -0.1) is 0 Å². The van der Waals surface area contributed by atoms with Gasteiger partial charge in [0.25, 0.3) is 0 Å². The quantitative estimate of drug-likeness (QED) is 0.480. The van der Waals surface area contributed by atoms with E-state index in [9.17, 15) is 9.18 Å². The molecule has 2 aromatic rings. The van der Waals surface area contributed by atoms with Gasteiger partial charge < -0.3 is 0 Å². The molecule has 0 fully saturated rings. The highest BCUT2D eigenvalue weighted by atomic mass is 35.5. The zero-order valence-corrected chi connectivity index (χ0v) is 11.0. The zero-order valence-electron chi connectivity index (χ0n) is 10.2. The minimum atomic E-state index is -0.317. The molecule has 19 heavy (non-hydrogen) atoms. The molecule has 0 unspecified atom stereocenters. The second kappa shape index (κ2) is 5.76. The molecule has 2 rings (SSSR count). The number of rotatable bonds is 3. The highest BCUT2D eigenvalue weighted by Gasteiger charge is 2.04. The SMILES string of the molecule is Cc1cc(C(=O)C=Cc2ccc(Cl)nc2)ccc1F. The molecule has 2 nitrogen and oxygen atoms in total. The lowest BCUT2D eigenvalue weighted by Crippen LogP contribution is -1.96. The molecule has 0 atom stereocenters. The molecule has 0 saturated carbocycles. The molecular formula is C15H11ClFNO. The van der Waals surface area contributed by atoms with E-state index in [0.717, 1.165) is 5.56 Å². The summed E-state index contributed by atoms with van der Waals surface area (Å²) in [6.07, 6.45) is 4.64. The molecule has 4 heteroatoms. The molecule has 0 aliphatic carbocycles. The monoisotopic (exact) mass is 275 g/mol. The number of hydrogen-bond acceptors (Lipinski definition) is 2. The molecule has 0 aliphatic heterocycles. The third kappa shape index (κ3) is 3.48. The van der Waals surface area contributed by atoms with Crippen LogP contribution in [0.2, 0.25) is 5.15 Å². The molecule has 0 aliphatic rings. The molecule has 0 amide bonds. The molecule has 1 heterocycles. The van der Waals surface area contributed by atoms with Crippen LogP contribution in [0, 0.1) is 12.7 Å². The van der Waals surface area contributed by atoms with Crippen LogP contribution in [0.4, 0.5) is 4.39 Å². The van der Waals surface area contributed by atoms with Crippen molar-refractivity contribution in [1.29, 1.82) is 0 Å². The Kier molecular flexibility index (Phi) is 4.07. The predicted octanol–water partition coefficient (Wildman–Crippen LogP) is 4.08. The van der Waals surface area contributed by atoms with Crippen molar-refractivity contribution in [1.82, 2.24) is 4.98 Å². The van der Waals surface area contributed by atoms with E-state index in [1.54, 1.807) is 31.3 Å². The van der Waals surface area contributed by atoms with Crippen LogP contribution < -0.4 is 0 Å². The summed E-state index contributed by atoms with van der Waals surface area (Å²) in [6.45, 7) is 1.62. The summed E-state index contributed by atoms with van der Waals surface area (Å²) in [7, 11) is 0. The van der Waals surface area contributed by atoms with Crippen LogP contribution in [0.25, 0.3) is 6.08 Å². The standard InChI is InChI=1S/C15H11ClFNO/c1-10-8-12(4-5-13(10)17)14(19)6-2-11-3-7-15(16)18-9-11/h2-9H,1H3. The number of allylic oxidation sites excluding steroid dienone is 1. The van der Waals surface area contributed by atoms with E-state index in [0.29, 0.717) is 16.3 Å². The Morgan fingerprint density at radius 3 is 2.74 bits per heavy atom. The summed E-state index contributed by atoms with van der Waals surface area (Å²) >= 11 is 5.66. The van der Waals surface area contributed by atoms with Gasteiger partial charge in [0.2, 0.25) is 0 Å². The molecule has 1 aromatic carbocycles. The largest absolute Gasteiger partial charge is 0.289 e. The minimum absolute atomic E-state index is 0.182. The maximum absolute atomic E-state index is 13.1. The first-order valence-electron chi connectivity index (χ1n) is 5.66. The lowest BCUT2D eigenvalue weighted by atomic mass is 10.1. The van der Waals surface area contributed by atoms with Gasteiger partial charge in [-0.3, -0.25) is 4.79 Å². The number of aryl methyl sites for hydroxylation is 1. The zero-order chi connectivity index (χ0) is 13.8. The summed E-state index contributed by atoms with van der Waals surface area (Å²) in [5, 5.41) is 0.401. The molecule has 0 N–H and O–H groups in total. The van der Waals surface area contributed by atoms with Gasteiger partial charge in [0, 0.05) is 11.8 Å². The Morgan fingerprint density at radius 1 is 1.32 bits per heavy atom. The summed E-state index contributed by atoms with van der Waals surface area (Å²) in [4.78, 5) is 15.8. The number of ketones is 1. The van der Waals surface area contributed by atoms with Gasteiger partial charge in [-0.25, -0.2) is 9.37 Å². The highest BCUT2D eigenvalue weighted by molar-refractivity contribution is 6.29. The number of pyridine rings is 1. The van der Waals surface area contributed by atoms with E-state index < -0.39 is 0 Å². The van der Waals surface area contributed by atoms with E-state index >= 15 is 0 Å². The molecule has 0 radical (unpaired) electrons. The lowest BCUT2D eigenvalue weighted by molar-refractivity contribution is 0.104. The fraction of sp³-hybridized carbons (Fsp3) is 0.0667. The maximum atomic E-state index is 13.1. The number of carbonyl (C=O) groups is 1. The van der Waals surface area contributed by atoms with Crippen molar-refractivity contribution in [3.8, 4) is 0 Å². The number of carbonyl (C=O) groups excluding carboxylic acids is 1. The van der Waals surface area contributed by atoms with Crippen LogP contribution in [0.15, 0.2) is 42.6 Å². The van der Waals surface area contributed by atoms with Gasteiger partial charge in [0.1, 0.15) is 11.0 Å². The van der Waals surface area contributed by atoms with Gasteiger partial charge in [-0.2, -0.15) is 0 Å². The Bertz CT molecular complexity index is 635. The number of aromatic nitrogens is 1. The van der Waals surface area contributed by atoms with Crippen molar-refractivity contribution < 1.29 is 9.18 Å². The van der Waals surface area contributed by atoms with Crippen molar-refractivity contribution in [2.24, 2.45) is 0 Å². The molecule has 0 saturated heterocycles. The Morgan fingerprint density at radius 2 is 2.11 bits per heavy atom. The van der Waals surface area contributed by atoms with E-state index in [1.807, 2.05) is 0 Å². The first kappa shape index (κ1) is 13.4. The smallest absolute Gasteiger partial charge is 0.185 e. The van der Waals surface area contributed by atoms with Crippen molar-refractivity contribution in [3.63, 3.8) is 0 Å². The fourth-order valence-corrected chi connectivity index (χ4v) is 1.66. The van der Waals surface area contributed by atoms with E-state index in [1.165, 1.54) is 24.3 Å². The van der Waals surface area contributed by atoms with Gasteiger partial charge in [0.05, 0.1) is 0 Å². The summed E-state index contributed by atoms with van der Waals surface area (Å²) in [5.41, 5.74) is 1.68. The topological polar surface area (TPSA) is 30.0 Å². The average Bonchev–Trinajstić information content (AvgIpc) is 2.41. The molecule has 1 aromatic heterocycles. The van der Waals surface area contributed by atoms with Gasteiger partial charge in [-0.05, 0) is 54.5 Å². The van der Waals surface area contributed by atoms with Gasteiger partial charge >= 0.3 is 0 Å². The summed E-state index contributed by atoms with van der Waals surface area (Å²) < 4.78 is 13.1. The van der Waals surface area contributed by atoms with Crippen LogP contribution in [-0.4, -0.2) is 10.8 Å². The van der Waals surface area contributed by atoms with Crippen LogP contribution in [-0.2, 0) is 0 Å². The highest BCUT2D eigenvalue weighted by Crippen LogP contribution is 2.12. The maximum Gasteiger partial charge on any atom is 0.185 e. The summed E-state index contributed by atoms with van der Waals surface area (Å²) in [6, 6.07) is 7.69. The van der Waals surface area contributed by atoms with Crippen molar-refractivity contribution >= 4 is 23.5 Å². The average molecular weight is 276 g/mol. The van der Waals surface area contributed by atoms with Crippen LogP contribution in [0.3, 0.4) is 0 Å². The normalized spacial score (nSPS) is 10.9. The summed E-state index contributed by atoms with van der Waals surface area (Å²) in [5.74, 6) is -0.500. The van der Waals surface area contributed by atoms with E-state index in [2.05, 4.69) is 4.98 Å². The minimum Gasteiger partial charge on any atom is -0.289 e.